The molecular weight excluding hydrogens is 374 g/mol. The Kier molecular flexibility index (Phi) is 6.01. The summed E-state index contributed by atoms with van der Waals surface area (Å²) in [6.45, 7) is 0.461. The molecule has 1 amide bonds. The number of aromatic nitrogens is 1. The number of hydrazone groups is 1. The number of nitrogens with zero attached hydrogens (tertiary/aromatic N) is 2. The predicted molar refractivity (Wildman–Crippen MR) is 118 cm³/mol. The van der Waals surface area contributed by atoms with Crippen LogP contribution >= 0.6 is 0 Å². The summed E-state index contributed by atoms with van der Waals surface area (Å²) in [4.78, 5) is 12.7. The van der Waals surface area contributed by atoms with Crippen LogP contribution in [-0.2, 0) is 6.61 Å². The Bertz CT molecular complexity index is 1140. The van der Waals surface area contributed by atoms with Gasteiger partial charge >= 0.3 is 0 Å². The summed E-state index contributed by atoms with van der Waals surface area (Å²) in [6, 6.07) is 28.8. The highest BCUT2D eigenvalue weighted by Crippen LogP contribution is 2.18. The number of benzene rings is 3. The largest absolute Gasteiger partial charge is 0.488 e. The second-order valence-electron chi connectivity index (χ2n) is 6.62. The van der Waals surface area contributed by atoms with Gasteiger partial charge in [0.2, 0.25) is 0 Å². The quantitative estimate of drug-likeness (QED) is 0.360. The van der Waals surface area contributed by atoms with E-state index < -0.39 is 0 Å². The maximum absolute atomic E-state index is 12.7. The average Bonchev–Trinajstić information content (AvgIpc) is 3.34. The van der Waals surface area contributed by atoms with E-state index in [1.54, 1.807) is 12.3 Å². The fourth-order valence-electron chi connectivity index (χ4n) is 3.06. The second kappa shape index (κ2) is 9.39. The minimum Gasteiger partial charge on any atom is -0.488 e. The number of carbonyl (C=O) groups is 1. The van der Waals surface area contributed by atoms with Crippen LogP contribution in [0, 0.1) is 0 Å². The normalized spacial score (nSPS) is 10.8. The first-order valence-electron chi connectivity index (χ1n) is 9.63. The van der Waals surface area contributed by atoms with Crippen LogP contribution in [0.2, 0.25) is 0 Å². The van der Waals surface area contributed by atoms with Gasteiger partial charge in [-0.1, -0.05) is 54.6 Å². The lowest BCUT2D eigenvalue weighted by molar-refractivity contribution is 0.0955. The molecule has 30 heavy (non-hydrogen) atoms. The molecule has 0 saturated carbocycles. The van der Waals surface area contributed by atoms with Crippen LogP contribution in [0.3, 0.4) is 0 Å². The standard InChI is InChI=1S/C25H21N3O2/c29-25(22-13-5-6-14-23(22)28-16-8-9-17-28)27-26-18-21-12-4-7-15-24(21)30-19-20-10-2-1-3-11-20/h1-18H,19H2,(H,27,29)/b26-18-. The first kappa shape index (κ1) is 19.2. The Balaban J connectivity index is 1.45. The van der Waals surface area contributed by atoms with Gasteiger partial charge in [-0.2, -0.15) is 5.10 Å². The minimum atomic E-state index is -0.279. The van der Waals surface area contributed by atoms with Gasteiger partial charge in [-0.05, 0) is 42.0 Å². The van der Waals surface area contributed by atoms with Crippen molar-refractivity contribution in [3.05, 3.63) is 120 Å². The van der Waals surface area contributed by atoms with Crippen LogP contribution in [0.5, 0.6) is 5.75 Å². The first-order valence-corrected chi connectivity index (χ1v) is 9.63. The molecule has 4 aromatic rings. The molecule has 0 aliphatic rings. The molecular formula is C25H21N3O2. The smallest absolute Gasteiger partial charge is 0.273 e. The lowest BCUT2D eigenvalue weighted by Gasteiger charge is -2.10. The van der Waals surface area contributed by atoms with E-state index in [0.29, 0.717) is 17.9 Å². The van der Waals surface area contributed by atoms with Crippen molar-refractivity contribution in [1.29, 1.82) is 0 Å². The van der Waals surface area contributed by atoms with Crippen molar-refractivity contribution >= 4 is 12.1 Å². The van der Waals surface area contributed by atoms with Crippen LogP contribution in [-0.4, -0.2) is 16.7 Å². The molecule has 4 rings (SSSR count). The molecule has 0 fully saturated rings. The third-order valence-corrected chi connectivity index (χ3v) is 4.56. The van der Waals surface area contributed by atoms with Gasteiger partial charge in [0.15, 0.2) is 0 Å². The van der Waals surface area contributed by atoms with Crippen LogP contribution in [0.15, 0.2) is 108 Å². The molecule has 0 unspecified atom stereocenters. The highest BCUT2D eigenvalue weighted by Gasteiger charge is 2.11. The number of hydrogen-bond donors (Lipinski definition) is 1. The van der Waals surface area contributed by atoms with Crippen molar-refractivity contribution in [2.45, 2.75) is 6.61 Å². The van der Waals surface area contributed by atoms with Crippen molar-refractivity contribution in [2.75, 3.05) is 0 Å². The highest BCUT2D eigenvalue weighted by molar-refractivity contribution is 5.98. The monoisotopic (exact) mass is 395 g/mol. The zero-order valence-electron chi connectivity index (χ0n) is 16.3. The summed E-state index contributed by atoms with van der Waals surface area (Å²) in [5.74, 6) is 0.422. The van der Waals surface area contributed by atoms with E-state index >= 15 is 0 Å². The molecule has 0 spiro atoms. The van der Waals surface area contributed by atoms with Crippen LogP contribution in [0.25, 0.3) is 5.69 Å². The van der Waals surface area contributed by atoms with E-state index in [1.165, 1.54) is 0 Å². The number of rotatable bonds is 7. The zero-order valence-corrected chi connectivity index (χ0v) is 16.3. The van der Waals surface area contributed by atoms with Gasteiger partial charge in [0.25, 0.3) is 5.91 Å². The summed E-state index contributed by atoms with van der Waals surface area (Å²) < 4.78 is 7.82. The lowest BCUT2D eigenvalue weighted by Crippen LogP contribution is -2.19. The van der Waals surface area contributed by atoms with E-state index in [9.17, 15) is 4.79 Å². The van der Waals surface area contributed by atoms with Gasteiger partial charge in [-0.15, -0.1) is 0 Å². The third kappa shape index (κ3) is 4.64. The third-order valence-electron chi connectivity index (χ3n) is 4.56. The van der Waals surface area contributed by atoms with E-state index in [0.717, 1.165) is 16.8 Å². The number of para-hydroxylation sites is 2. The van der Waals surface area contributed by atoms with Crippen molar-refractivity contribution in [1.82, 2.24) is 9.99 Å². The molecule has 148 valence electrons. The number of nitrogens with one attached hydrogen (secondary N) is 1. The van der Waals surface area contributed by atoms with Crippen LogP contribution in [0.1, 0.15) is 21.5 Å². The summed E-state index contributed by atoms with van der Waals surface area (Å²) in [6.07, 6.45) is 5.39. The molecule has 0 aliphatic carbocycles. The SMILES string of the molecule is O=C(N/N=C\c1ccccc1OCc1ccccc1)c1ccccc1-n1cccc1. The van der Waals surface area contributed by atoms with Crippen molar-refractivity contribution in [3.63, 3.8) is 0 Å². The van der Waals surface area contributed by atoms with E-state index in [2.05, 4.69) is 10.5 Å². The molecule has 1 aromatic heterocycles. The molecule has 5 nitrogen and oxygen atoms in total. The minimum absolute atomic E-state index is 0.279. The van der Waals surface area contributed by atoms with Gasteiger partial charge < -0.3 is 9.30 Å². The maximum Gasteiger partial charge on any atom is 0.273 e. The molecule has 0 bridgehead atoms. The molecule has 1 N–H and O–H groups in total. The number of amides is 1. The number of ether oxygens (including phenoxy) is 1. The first-order chi connectivity index (χ1) is 14.8. The molecule has 0 atom stereocenters. The molecule has 0 saturated heterocycles. The summed E-state index contributed by atoms with van der Waals surface area (Å²) in [5.41, 5.74) is 5.81. The Hall–Kier alpha value is -4.12. The number of carbonyl (C=O) groups excluding carboxylic acids is 1. The highest BCUT2D eigenvalue weighted by atomic mass is 16.5. The maximum atomic E-state index is 12.7. The number of hydrogen-bond acceptors (Lipinski definition) is 3. The van der Waals surface area contributed by atoms with Crippen molar-refractivity contribution in [3.8, 4) is 11.4 Å². The fraction of sp³-hybridized carbons (Fsp3) is 0.0400. The Labute approximate surface area is 175 Å². The molecule has 1 heterocycles. The van der Waals surface area contributed by atoms with Gasteiger partial charge in [-0.25, -0.2) is 5.43 Å². The van der Waals surface area contributed by atoms with Gasteiger partial charge in [0, 0.05) is 18.0 Å². The molecule has 5 heteroatoms. The lowest BCUT2D eigenvalue weighted by atomic mass is 10.1. The summed E-state index contributed by atoms with van der Waals surface area (Å²) in [7, 11) is 0. The average molecular weight is 395 g/mol. The Morgan fingerprint density at radius 3 is 2.40 bits per heavy atom. The van der Waals surface area contributed by atoms with Crippen molar-refractivity contribution < 1.29 is 9.53 Å². The predicted octanol–water partition coefficient (Wildman–Crippen LogP) is 4.82. The molecule has 0 aliphatic heterocycles. The van der Waals surface area contributed by atoms with E-state index in [1.807, 2.05) is 102 Å². The van der Waals surface area contributed by atoms with E-state index in [-0.39, 0.29) is 5.91 Å². The van der Waals surface area contributed by atoms with Gasteiger partial charge in [-0.3, -0.25) is 4.79 Å². The Morgan fingerprint density at radius 2 is 1.57 bits per heavy atom. The van der Waals surface area contributed by atoms with Crippen LogP contribution < -0.4 is 10.2 Å². The van der Waals surface area contributed by atoms with Crippen LogP contribution in [0.4, 0.5) is 0 Å². The zero-order chi connectivity index (χ0) is 20.6. The second-order valence-corrected chi connectivity index (χ2v) is 6.62. The topological polar surface area (TPSA) is 55.6 Å². The molecule has 0 radical (unpaired) electrons. The van der Waals surface area contributed by atoms with E-state index in [4.69, 9.17) is 4.74 Å². The Morgan fingerprint density at radius 1 is 0.867 bits per heavy atom. The van der Waals surface area contributed by atoms with Gasteiger partial charge in [0.1, 0.15) is 12.4 Å². The molecule has 3 aromatic carbocycles. The van der Waals surface area contributed by atoms with Crippen molar-refractivity contribution in [2.24, 2.45) is 5.10 Å². The van der Waals surface area contributed by atoms with Gasteiger partial charge in [0.05, 0.1) is 17.5 Å². The summed E-state index contributed by atoms with van der Waals surface area (Å²) >= 11 is 0. The fourth-order valence-corrected chi connectivity index (χ4v) is 3.06. The summed E-state index contributed by atoms with van der Waals surface area (Å²) in [5, 5.41) is 4.14.